The molecule has 0 aliphatic heterocycles. The number of aryl methyl sites for hydroxylation is 2. The molecule has 0 bridgehead atoms. The summed E-state index contributed by atoms with van der Waals surface area (Å²) in [5, 5.41) is 0.673. The van der Waals surface area contributed by atoms with E-state index >= 15 is 0 Å². The van der Waals surface area contributed by atoms with Gasteiger partial charge in [-0.3, -0.25) is 9.36 Å². The van der Waals surface area contributed by atoms with Crippen molar-refractivity contribution in [3.8, 4) is 0 Å². The van der Waals surface area contributed by atoms with E-state index in [-0.39, 0.29) is 11.4 Å². The second-order valence-electron chi connectivity index (χ2n) is 4.77. The van der Waals surface area contributed by atoms with Crippen molar-refractivity contribution in [3.63, 3.8) is 0 Å². The Kier molecular flexibility index (Phi) is 3.14. The third-order valence-electron chi connectivity index (χ3n) is 3.40. The first-order chi connectivity index (χ1) is 9.56. The van der Waals surface area contributed by atoms with Crippen LogP contribution in [0.2, 0.25) is 0 Å². The summed E-state index contributed by atoms with van der Waals surface area (Å²) in [6.07, 6.45) is 1.53. The van der Waals surface area contributed by atoms with Gasteiger partial charge >= 0.3 is 0 Å². The van der Waals surface area contributed by atoms with Crippen molar-refractivity contribution in [2.24, 2.45) is 0 Å². The third-order valence-corrected chi connectivity index (χ3v) is 4.51. The van der Waals surface area contributed by atoms with Gasteiger partial charge in [0.25, 0.3) is 5.56 Å². The number of thiophene rings is 1. The lowest BCUT2D eigenvalue weighted by atomic mass is 10.2. The fourth-order valence-corrected chi connectivity index (χ4v) is 3.20. The zero-order valence-electron chi connectivity index (χ0n) is 11.2. The first-order valence-corrected chi connectivity index (χ1v) is 7.07. The molecule has 0 N–H and O–H groups in total. The average Bonchev–Trinajstić information content (AvgIpc) is 2.69. The van der Waals surface area contributed by atoms with Gasteiger partial charge in [0, 0.05) is 4.88 Å². The van der Waals surface area contributed by atoms with Gasteiger partial charge in [0.1, 0.15) is 10.6 Å². The van der Waals surface area contributed by atoms with Crippen molar-refractivity contribution in [3.05, 3.63) is 62.8 Å². The van der Waals surface area contributed by atoms with Gasteiger partial charge in [-0.1, -0.05) is 12.1 Å². The van der Waals surface area contributed by atoms with E-state index in [1.807, 2.05) is 13.8 Å². The zero-order chi connectivity index (χ0) is 14.3. The van der Waals surface area contributed by atoms with Gasteiger partial charge in [-0.2, -0.15) is 0 Å². The van der Waals surface area contributed by atoms with Crippen LogP contribution in [-0.4, -0.2) is 9.55 Å². The Bertz CT molecular complexity index is 851. The summed E-state index contributed by atoms with van der Waals surface area (Å²) in [6, 6.07) is 6.26. The number of hydrogen-bond donors (Lipinski definition) is 0. The molecule has 0 saturated heterocycles. The number of halogens is 1. The van der Waals surface area contributed by atoms with E-state index in [2.05, 4.69) is 4.98 Å². The van der Waals surface area contributed by atoms with E-state index in [1.54, 1.807) is 12.1 Å². The second kappa shape index (κ2) is 4.83. The van der Waals surface area contributed by atoms with Crippen LogP contribution in [0, 0.1) is 19.7 Å². The first-order valence-electron chi connectivity index (χ1n) is 6.26. The molecular formula is C15H13FN2OS. The molecular weight excluding hydrogens is 275 g/mol. The van der Waals surface area contributed by atoms with Crippen LogP contribution in [0.4, 0.5) is 4.39 Å². The van der Waals surface area contributed by atoms with Crippen molar-refractivity contribution in [1.82, 2.24) is 9.55 Å². The Hall–Kier alpha value is -2.01. The fraction of sp³-hybridized carbons (Fsp3) is 0.200. The number of aromatic nitrogens is 2. The Balaban J connectivity index is 2.11. The number of benzene rings is 1. The normalized spacial score (nSPS) is 11.2. The molecule has 102 valence electrons. The van der Waals surface area contributed by atoms with Crippen molar-refractivity contribution in [2.75, 3.05) is 0 Å². The fourth-order valence-electron chi connectivity index (χ4n) is 2.21. The van der Waals surface area contributed by atoms with Crippen LogP contribution in [0.3, 0.4) is 0 Å². The highest BCUT2D eigenvalue weighted by atomic mass is 32.1. The Morgan fingerprint density at radius 1 is 1.35 bits per heavy atom. The lowest BCUT2D eigenvalue weighted by molar-refractivity contribution is 0.622. The summed E-state index contributed by atoms with van der Waals surface area (Å²) < 4.78 is 14.7. The van der Waals surface area contributed by atoms with E-state index < -0.39 is 0 Å². The summed E-state index contributed by atoms with van der Waals surface area (Å²) in [6.45, 7) is 4.25. The van der Waals surface area contributed by atoms with Crippen LogP contribution >= 0.6 is 11.3 Å². The average molecular weight is 288 g/mol. The van der Waals surface area contributed by atoms with Gasteiger partial charge in [-0.25, -0.2) is 9.37 Å². The molecule has 2 heterocycles. The van der Waals surface area contributed by atoms with Gasteiger partial charge in [-0.15, -0.1) is 11.3 Å². The molecule has 3 aromatic rings. The topological polar surface area (TPSA) is 34.9 Å². The van der Waals surface area contributed by atoms with Gasteiger partial charge in [-0.05, 0) is 37.1 Å². The standard InChI is InChI=1S/C15H13FN2OS/c1-9-10(2)20-14-13(9)15(19)18(8-17-14)7-11-4-3-5-12(16)6-11/h3-6,8H,7H2,1-2H3. The quantitative estimate of drug-likeness (QED) is 0.725. The van der Waals surface area contributed by atoms with Crippen LogP contribution in [0.5, 0.6) is 0 Å². The Labute approximate surface area is 119 Å². The van der Waals surface area contributed by atoms with Crippen LogP contribution in [0.1, 0.15) is 16.0 Å². The van der Waals surface area contributed by atoms with Crippen LogP contribution in [-0.2, 0) is 6.54 Å². The molecule has 0 spiro atoms. The minimum Gasteiger partial charge on any atom is -0.294 e. The highest BCUT2D eigenvalue weighted by molar-refractivity contribution is 7.18. The van der Waals surface area contributed by atoms with Crippen LogP contribution in [0.25, 0.3) is 10.2 Å². The first kappa shape index (κ1) is 13.0. The number of rotatable bonds is 2. The molecule has 0 unspecified atom stereocenters. The summed E-state index contributed by atoms with van der Waals surface area (Å²) in [5.41, 5.74) is 1.66. The SMILES string of the molecule is Cc1sc2ncn(Cc3cccc(F)c3)c(=O)c2c1C. The van der Waals surface area contributed by atoms with Gasteiger partial charge in [0.05, 0.1) is 18.3 Å². The van der Waals surface area contributed by atoms with Gasteiger partial charge in [0.2, 0.25) is 0 Å². The molecule has 0 amide bonds. The molecule has 5 heteroatoms. The molecule has 2 aromatic heterocycles. The minimum atomic E-state index is -0.299. The lowest BCUT2D eigenvalue weighted by Crippen LogP contribution is -2.21. The highest BCUT2D eigenvalue weighted by Gasteiger charge is 2.12. The second-order valence-corrected chi connectivity index (χ2v) is 5.97. The number of nitrogens with zero attached hydrogens (tertiary/aromatic N) is 2. The van der Waals surface area contributed by atoms with E-state index in [0.29, 0.717) is 11.9 Å². The van der Waals surface area contributed by atoms with Crippen molar-refractivity contribution >= 4 is 21.6 Å². The summed E-state index contributed by atoms with van der Waals surface area (Å²) >= 11 is 1.53. The van der Waals surface area contributed by atoms with E-state index in [1.165, 1.54) is 34.4 Å². The molecule has 0 aliphatic carbocycles. The Morgan fingerprint density at radius 2 is 2.15 bits per heavy atom. The molecule has 1 aromatic carbocycles. The maximum atomic E-state index is 13.2. The molecule has 0 radical (unpaired) electrons. The van der Waals surface area contributed by atoms with E-state index in [0.717, 1.165) is 20.8 Å². The van der Waals surface area contributed by atoms with Crippen molar-refractivity contribution < 1.29 is 4.39 Å². The van der Waals surface area contributed by atoms with Gasteiger partial charge in [0.15, 0.2) is 0 Å². The third kappa shape index (κ3) is 2.14. The molecule has 0 atom stereocenters. The van der Waals surface area contributed by atoms with Crippen molar-refractivity contribution in [1.29, 1.82) is 0 Å². The van der Waals surface area contributed by atoms with Crippen molar-refractivity contribution in [2.45, 2.75) is 20.4 Å². The van der Waals surface area contributed by atoms with Gasteiger partial charge < -0.3 is 0 Å². The maximum Gasteiger partial charge on any atom is 0.262 e. The molecule has 0 fully saturated rings. The van der Waals surface area contributed by atoms with Crippen LogP contribution < -0.4 is 5.56 Å². The monoisotopic (exact) mass is 288 g/mol. The maximum absolute atomic E-state index is 13.2. The predicted molar refractivity (Wildman–Crippen MR) is 78.9 cm³/mol. The van der Waals surface area contributed by atoms with E-state index in [9.17, 15) is 9.18 Å². The highest BCUT2D eigenvalue weighted by Crippen LogP contribution is 2.25. The summed E-state index contributed by atoms with van der Waals surface area (Å²) in [5.74, 6) is -0.299. The lowest BCUT2D eigenvalue weighted by Gasteiger charge is -2.05. The molecule has 0 saturated carbocycles. The van der Waals surface area contributed by atoms with E-state index in [4.69, 9.17) is 0 Å². The minimum absolute atomic E-state index is 0.0684. The molecule has 3 nitrogen and oxygen atoms in total. The number of fused-ring (bicyclic) bond motifs is 1. The largest absolute Gasteiger partial charge is 0.294 e. The Morgan fingerprint density at radius 3 is 2.90 bits per heavy atom. The molecule has 3 rings (SSSR count). The smallest absolute Gasteiger partial charge is 0.262 e. The van der Waals surface area contributed by atoms with Crippen LogP contribution in [0.15, 0.2) is 35.4 Å². The molecule has 20 heavy (non-hydrogen) atoms. The summed E-state index contributed by atoms with van der Waals surface area (Å²) in [4.78, 5) is 18.7. The number of hydrogen-bond acceptors (Lipinski definition) is 3. The zero-order valence-corrected chi connectivity index (χ0v) is 12.0. The predicted octanol–water partition coefficient (Wildman–Crippen LogP) is 3.26. The molecule has 0 aliphatic rings. The summed E-state index contributed by atoms with van der Waals surface area (Å²) in [7, 11) is 0.